The van der Waals surface area contributed by atoms with Crippen molar-refractivity contribution in [2.24, 2.45) is 0 Å². The van der Waals surface area contributed by atoms with Crippen LogP contribution >= 0.6 is 0 Å². The van der Waals surface area contributed by atoms with Gasteiger partial charge < -0.3 is 9.42 Å². The molecule has 1 atom stereocenters. The van der Waals surface area contributed by atoms with Crippen molar-refractivity contribution < 1.29 is 17.7 Å². The summed E-state index contributed by atoms with van der Waals surface area (Å²) in [5.74, 6) is 1.83. The van der Waals surface area contributed by atoms with Crippen molar-refractivity contribution in [3.8, 4) is 11.4 Å². The topological polar surface area (TPSA) is 58.3 Å². The quantitative estimate of drug-likeness (QED) is 0.607. The molecule has 0 spiro atoms. The minimum Gasteiger partial charge on any atom is -0.363 e. The molecule has 0 saturated carbocycles. The predicted molar refractivity (Wildman–Crippen MR) is 106 cm³/mol. The summed E-state index contributed by atoms with van der Waals surface area (Å²) in [6.07, 6.45) is -0.796. The number of aromatic nitrogens is 3. The molecule has 1 fully saturated rings. The van der Waals surface area contributed by atoms with E-state index in [4.69, 9.17) is 4.52 Å². The first-order chi connectivity index (χ1) is 14.3. The zero-order chi connectivity index (χ0) is 21.3. The lowest BCUT2D eigenvalue weighted by Crippen LogP contribution is -2.23. The van der Waals surface area contributed by atoms with Crippen molar-refractivity contribution in [3.05, 3.63) is 59.6 Å². The van der Waals surface area contributed by atoms with Crippen molar-refractivity contribution in [1.29, 1.82) is 0 Å². The summed E-state index contributed by atoms with van der Waals surface area (Å²) in [4.78, 5) is 13.0. The summed E-state index contributed by atoms with van der Waals surface area (Å²) in [7, 11) is 3.83. The van der Waals surface area contributed by atoms with Gasteiger partial charge in [-0.1, -0.05) is 17.3 Å². The molecule has 0 aliphatic carbocycles. The van der Waals surface area contributed by atoms with Gasteiger partial charge in [0.05, 0.1) is 11.6 Å². The first kappa shape index (κ1) is 20.3. The fraction of sp³-hybridized carbons (Fsp3) is 0.381. The molecule has 1 aliphatic rings. The van der Waals surface area contributed by atoms with Crippen LogP contribution in [0.4, 0.5) is 19.0 Å². The zero-order valence-corrected chi connectivity index (χ0v) is 16.7. The van der Waals surface area contributed by atoms with Crippen molar-refractivity contribution in [2.45, 2.75) is 31.6 Å². The Bertz CT molecular complexity index is 983. The van der Waals surface area contributed by atoms with E-state index >= 15 is 0 Å². The number of hydrogen-bond donors (Lipinski definition) is 0. The van der Waals surface area contributed by atoms with Crippen LogP contribution in [-0.4, -0.2) is 40.7 Å². The van der Waals surface area contributed by atoms with Gasteiger partial charge in [-0.05, 0) is 49.2 Å². The second kappa shape index (κ2) is 8.06. The molecule has 4 rings (SSSR count). The molecule has 158 valence electrons. The number of hydrogen-bond acceptors (Lipinski definition) is 6. The van der Waals surface area contributed by atoms with Crippen molar-refractivity contribution in [3.63, 3.8) is 0 Å². The fourth-order valence-corrected chi connectivity index (χ4v) is 3.60. The Balaban J connectivity index is 1.47. The smallest absolute Gasteiger partial charge is 0.363 e. The molecule has 3 aromatic rings. The van der Waals surface area contributed by atoms with Crippen LogP contribution in [0.3, 0.4) is 0 Å². The molecule has 1 aliphatic heterocycles. The number of benzene rings is 1. The lowest BCUT2D eigenvalue weighted by atomic mass is 10.1. The van der Waals surface area contributed by atoms with Crippen LogP contribution in [0.2, 0.25) is 0 Å². The van der Waals surface area contributed by atoms with Crippen molar-refractivity contribution in [2.75, 3.05) is 25.5 Å². The maximum atomic E-state index is 12.8. The maximum Gasteiger partial charge on any atom is 0.416 e. The summed E-state index contributed by atoms with van der Waals surface area (Å²) in [6, 6.07) is 9.02. The molecule has 1 unspecified atom stereocenters. The Morgan fingerprint density at radius 2 is 1.90 bits per heavy atom. The van der Waals surface area contributed by atoms with Gasteiger partial charge in [-0.3, -0.25) is 4.90 Å². The number of halogens is 3. The van der Waals surface area contributed by atoms with Gasteiger partial charge in [0.2, 0.25) is 11.7 Å². The lowest BCUT2D eigenvalue weighted by Gasteiger charge is -2.21. The summed E-state index contributed by atoms with van der Waals surface area (Å²) < 4.78 is 43.8. The van der Waals surface area contributed by atoms with Gasteiger partial charge in [0.1, 0.15) is 5.82 Å². The molecule has 6 nitrogen and oxygen atoms in total. The monoisotopic (exact) mass is 417 g/mol. The summed E-state index contributed by atoms with van der Waals surface area (Å²) >= 11 is 0. The normalized spacial score (nSPS) is 17.4. The van der Waals surface area contributed by atoms with Crippen LogP contribution < -0.4 is 4.90 Å². The highest BCUT2D eigenvalue weighted by atomic mass is 19.4. The van der Waals surface area contributed by atoms with Gasteiger partial charge in [0.15, 0.2) is 0 Å². The average molecular weight is 417 g/mol. The van der Waals surface area contributed by atoms with E-state index in [1.54, 1.807) is 6.20 Å². The minimum absolute atomic E-state index is 0.0532. The predicted octanol–water partition coefficient (Wildman–Crippen LogP) is 4.55. The summed E-state index contributed by atoms with van der Waals surface area (Å²) in [5.41, 5.74) is 0.945. The van der Waals surface area contributed by atoms with E-state index in [0.29, 0.717) is 18.3 Å². The van der Waals surface area contributed by atoms with E-state index in [2.05, 4.69) is 20.0 Å². The number of alkyl halides is 3. The van der Waals surface area contributed by atoms with Gasteiger partial charge in [-0.2, -0.15) is 18.2 Å². The highest BCUT2D eigenvalue weighted by Crippen LogP contribution is 2.34. The van der Waals surface area contributed by atoms with Crippen molar-refractivity contribution in [1.82, 2.24) is 20.0 Å². The van der Waals surface area contributed by atoms with Crippen molar-refractivity contribution >= 4 is 5.82 Å². The van der Waals surface area contributed by atoms with E-state index in [9.17, 15) is 13.2 Å². The Morgan fingerprint density at radius 1 is 1.13 bits per heavy atom. The Labute approximate surface area is 172 Å². The molecular weight excluding hydrogens is 395 g/mol. The largest absolute Gasteiger partial charge is 0.416 e. The molecule has 30 heavy (non-hydrogen) atoms. The van der Waals surface area contributed by atoms with Crippen LogP contribution in [-0.2, 0) is 12.7 Å². The summed E-state index contributed by atoms with van der Waals surface area (Å²) in [6.45, 7) is 1.35. The van der Waals surface area contributed by atoms with Gasteiger partial charge in [0.25, 0.3) is 0 Å². The van der Waals surface area contributed by atoms with Gasteiger partial charge >= 0.3 is 6.18 Å². The van der Waals surface area contributed by atoms with Gasteiger partial charge in [-0.15, -0.1) is 0 Å². The molecule has 1 aromatic carbocycles. The molecular formula is C21H22F3N5O. The molecule has 9 heteroatoms. The van der Waals surface area contributed by atoms with E-state index < -0.39 is 11.7 Å². The minimum atomic E-state index is -4.32. The highest BCUT2D eigenvalue weighted by molar-refractivity contribution is 5.55. The second-order valence-electron chi connectivity index (χ2n) is 7.58. The van der Waals surface area contributed by atoms with E-state index in [1.807, 2.05) is 31.1 Å². The van der Waals surface area contributed by atoms with Gasteiger partial charge in [-0.25, -0.2) is 4.98 Å². The molecule has 2 aromatic heterocycles. The standard InChI is InChI=1S/C21H22F3N5O/c1-28(2)18-10-7-15(12-25-18)19-26-20(30-27-19)17-4-3-11-29(17)13-14-5-8-16(9-6-14)21(22,23)24/h5-10,12,17H,3-4,11,13H2,1-2H3. The van der Waals surface area contributed by atoms with E-state index in [1.165, 1.54) is 12.1 Å². The van der Waals surface area contributed by atoms with Crippen LogP contribution in [0.15, 0.2) is 47.1 Å². The molecule has 0 radical (unpaired) electrons. The SMILES string of the molecule is CN(C)c1ccc(-c2noc(C3CCCN3Cc3ccc(C(F)(F)F)cc3)n2)cn1. The Hall–Kier alpha value is -2.94. The number of anilines is 1. The van der Waals surface area contributed by atoms with Crippen LogP contribution in [0.25, 0.3) is 11.4 Å². The third-order valence-electron chi connectivity index (χ3n) is 5.22. The number of nitrogens with zero attached hydrogens (tertiary/aromatic N) is 5. The lowest BCUT2D eigenvalue weighted by molar-refractivity contribution is -0.137. The van der Waals surface area contributed by atoms with Crippen LogP contribution in [0.5, 0.6) is 0 Å². The van der Waals surface area contributed by atoms with Gasteiger partial charge in [0, 0.05) is 32.4 Å². The third kappa shape index (κ3) is 4.30. The average Bonchev–Trinajstić information content (AvgIpc) is 3.37. The first-order valence-electron chi connectivity index (χ1n) is 9.69. The van der Waals surface area contributed by atoms with Crippen LogP contribution in [0.1, 0.15) is 35.9 Å². The zero-order valence-electron chi connectivity index (χ0n) is 16.7. The van der Waals surface area contributed by atoms with Crippen LogP contribution in [0, 0.1) is 0 Å². The van der Waals surface area contributed by atoms with E-state index in [-0.39, 0.29) is 6.04 Å². The second-order valence-corrected chi connectivity index (χ2v) is 7.58. The fourth-order valence-electron chi connectivity index (χ4n) is 3.60. The molecule has 0 N–H and O–H groups in total. The Kier molecular flexibility index (Phi) is 5.46. The highest BCUT2D eigenvalue weighted by Gasteiger charge is 2.32. The molecule has 3 heterocycles. The molecule has 1 saturated heterocycles. The number of likely N-dealkylation sites (tertiary alicyclic amines) is 1. The Morgan fingerprint density at radius 3 is 2.53 bits per heavy atom. The number of pyridine rings is 1. The van der Waals surface area contributed by atoms with E-state index in [0.717, 1.165) is 48.5 Å². The first-order valence-corrected chi connectivity index (χ1v) is 9.69. The third-order valence-corrected chi connectivity index (χ3v) is 5.22. The number of rotatable bonds is 5. The summed E-state index contributed by atoms with van der Waals surface area (Å²) in [5, 5.41) is 4.09. The maximum absolute atomic E-state index is 12.8. The molecule has 0 amide bonds. The molecule has 0 bridgehead atoms.